The van der Waals surface area contributed by atoms with Crippen LogP contribution in [0.2, 0.25) is 0 Å². The second kappa shape index (κ2) is 8.58. The average molecular weight is 267 g/mol. The fourth-order valence-electron chi connectivity index (χ4n) is 2.20. The van der Waals surface area contributed by atoms with Crippen molar-refractivity contribution in [2.24, 2.45) is 5.92 Å². The van der Waals surface area contributed by atoms with Crippen molar-refractivity contribution in [2.45, 2.75) is 59.3 Å². The molecule has 0 aromatic heterocycles. The Bertz CT molecular complexity index is 326. The highest BCUT2D eigenvalue weighted by molar-refractivity contribution is 6.18. The molecule has 0 amide bonds. The number of allylic oxidation sites excluding steroid dienone is 6. The molecule has 1 aliphatic rings. The molecule has 0 bridgehead atoms. The number of alkyl halides is 1. The second-order valence-corrected chi connectivity index (χ2v) is 5.93. The highest BCUT2D eigenvalue weighted by atomic mass is 35.5. The third-order valence-electron chi connectivity index (χ3n) is 3.46. The second-order valence-electron chi connectivity index (χ2n) is 5.62. The molecule has 0 unspecified atom stereocenters. The first-order chi connectivity index (χ1) is 8.63. The lowest BCUT2D eigenvalue weighted by atomic mass is 10.0. The van der Waals surface area contributed by atoms with E-state index in [1.807, 2.05) is 0 Å². The molecule has 102 valence electrons. The summed E-state index contributed by atoms with van der Waals surface area (Å²) in [6, 6.07) is 0. The van der Waals surface area contributed by atoms with Gasteiger partial charge in [0.15, 0.2) is 0 Å². The summed E-state index contributed by atoms with van der Waals surface area (Å²) < 4.78 is 0. The third kappa shape index (κ3) is 7.06. The van der Waals surface area contributed by atoms with Gasteiger partial charge >= 0.3 is 0 Å². The van der Waals surface area contributed by atoms with Gasteiger partial charge in [-0.25, -0.2) is 0 Å². The normalized spacial score (nSPS) is 16.9. The maximum atomic E-state index is 5.81. The van der Waals surface area contributed by atoms with Gasteiger partial charge in [0.25, 0.3) is 0 Å². The number of hydrogen-bond donors (Lipinski definition) is 0. The van der Waals surface area contributed by atoms with Gasteiger partial charge in [-0.05, 0) is 65.2 Å². The van der Waals surface area contributed by atoms with Crippen molar-refractivity contribution in [1.29, 1.82) is 0 Å². The van der Waals surface area contributed by atoms with Crippen LogP contribution in [0.4, 0.5) is 0 Å². The lowest BCUT2D eigenvalue weighted by Crippen LogP contribution is -1.87. The molecule has 1 aliphatic carbocycles. The predicted octanol–water partition coefficient (Wildman–Crippen LogP) is 6.03. The Balaban J connectivity index is 2.25. The molecule has 0 radical (unpaired) electrons. The van der Waals surface area contributed by atoms with E-state index in [2.05, 4.69) is 39.0 Å². The van der Waals surface area contributed by atoms with Crippen LogP contribution in [0.1, 0.15) is 59.3 Å². The maximum absolute atomic E-state index is 5.81. The fourth-order valence-corrected chi connectivity index (χ4v) is 2.40. The standard InChI is InChI=1S/C17H27Cl/c1-14(2)6-4-7-15(3)8-5-9-16(12-13-18)17-10-11-17/h6,8,12,17H,4-5,7,9-11,13H2,1-3H3/b15-8+,16-12-. The van der Waals surface area contributed by atoms with Gasteiger partial charge < -0.3 is 0 Å². The molecule has 0 aliphatic heterocycles. The van der Waals surface area contributed by atoms with Gasteiger partial charge in [-0.1, -0.05) is 34.9 Å². The number of halogens is 1. The number of hydrogen-bond acceptors (Lipinski definition) is 0. The molecule has 0 spiro atoms. The smallest absolute Gasteiger partial charge is 0.0406 e. The van der Waals surface area contributed by atoms with Crippen LogP contribution in [0.15, 0.2) is 34.9 Å². The number of rotatable bonds is 8. The maximum Gasteiger partial charge on any atom is 0.0406 e. The molecule has 18 heavy (non-hydrogen) atoms. The fraction of sp³-hybridized carbons (Fsp3) is 0.647. The summed E-state index contributed by atoms with van der Waals surface area (Å²) in [5, 5.41) is 0. The van der Waals surface area contributed by atoms with Crippen molar-refractivity contribution in [1.82, 2.24) is 0 Å². The molecule has 0 N–H and O–H groups in total. The van der Waals surface area contributed by atoms with Crippen LogP contribution in [0, 0.1) is 5.92 Å². The minimum Gasteiger partial charge on any atom is -0.122 e. The third-order valence-corrected chi connectivity index (χ3v) is 3.61. The van der Waals surface area contributed by atoms with Crippen LogP contribution >= 0.6 is 11.6 Å². The molecular formula is C17H27Cl. The van der Waals surface area contributed by atoms with E-state index in [-0.39, 0.29) is 0 Å². The van der Waals surface area contributed by atoms with Gasteiger partial charge in [-0.3, -0.25) is 0 Å². The molecule has 1 rings (SSSR count). The van der Waals surface area contributed by atoms with Crippen LogP contribution in [-0.2, 0) is 0 Å². The first-order valence-corrected chi connectivity index (χ1v) is 7.70. The van der Waals surface area contributed by atoms with E-state index in [9.17, 15) is 0 Å². The molecule has 0 aromatic rings. The van der Waals surface area contributed by atoms with E-state index in [1.165, 1.54) is 49.7 Å². The lowest BCUT2D eigenvalue weighted by Gasteiger charge is -2.04. The van der Waals surface area contributed by atoms with Crippen LogP contribution in [0.3, 0.4) is 0 Å². The van der Waals surface area contributed by atoms with Gasteiger partial charge in [-0.15, -0.1) is 11.6 Å². The van der Waals surface area contributed by atoms with Crippen molar-refractivity contribution in [2.75, 3.05) is 5.88 Å². The van der Waals surface area contributed by atoms with Crippen LogP contribution < -0.4 is 0 Å². The zero-order valence-electron chi connectivity index (χ0n) is 12.1. The summed E-state index contributed by atoms with van der Waals surface area (Å²) in [5.74, 6) is 1.54. The van der Waals surface area contributed by atoms with E-state index in [0.29, 0.717) is 5.88 Å². The Morgan fingerprint density at radius 1 is 1.00 bits per heavy atom. The zero-order chi connectivity index (χ0) is 13.4. The lowest BCUT2D eigenvalue weighted by molar-refractivity contribution is 0.846. The monoisotopic (exact) mass is 266 g/mol. The van der Waals surface area contributed by atoms with Gasteiger partial charge in [-0.2, -0.15) is 0 Å². The van der Waals surface area contributed by atoms with Gasteiger partial charge in [0.2, 0.25) is 0 Å². The average Bonchev–Trinajstić information content (AvgIpc) is 3.11. The zero-order valence-corrected chi connectivity index (χ0v) is 12.9. The van der Waals surface area contributed by atoms with Gasteiger partial charge in [0.1, 0.15) is 0 Å². The minimum atomic E-state index is 0.676. The van der Waals surface area contributed by atoms with E-state index in [1.54, 1.807) is 5.57 Å². The van der Waals surface area contributed by atoms with Crippen molar-refractivity contribution < 1.29 is 0 Å². The Hall–Kier alpha value is -0.490. The first kappa shape index (κ1) is 15.6. The first-order valence-electron chi connectivity index (χ1n) is 7.17. The topological polar surface area (TPSA) is 0 Å². The summed E-state index contributed by atoms with van der Waals surface area (Å²) in [4.78, 5) is 0. The molecule has 0 heterocycles. The van der Waals surface area contributed by atoms with Crippen LogP contribution in [0.5, 0.6) is 0 Å². The van der Waals surface area contributed by atoms with Crippen molar-refractivity contribution in [3.63, 3.8) is 0 Å². The Kier molecular flexibility index (Phi) is 7.42. The molecule has 1 heteroatoms. The molecule has 0 aromatic carbocycles. The summed E-state index contributed by atoms with van der Waals surface area (Å²) >= 11 is 5.81. The Labute approximate surface area is 118 Å². The van der Waals surface area contributed by atoms with Gasteiger partial charge in [0.05, 0.1) is 0 Å². The van der Waals surface area contributed by atoms with E-state index >= 15 is 0 Å². The summed E-state index contributed by atoms with van der Waals surface area (Å²) in [6.07, 6.45) is 14.5. The van der Waals surface area contributed by atoms with Gasteiger partial charge in [0, 0.05) is 5.88 Å². The quantitative estimate of drug-likeness (QED) is 0.371. The van der Waals surface area contributed by atoms with Crippen molar-refractivity contribution in [3.05, 3.63) is 34.9 Å². The minimum absolute atomic E-state index is 0.676. The van der Waals surface area contributed by atoms with E-state index in [0.717, 1.165) is 5.92 Å². The van der Waals surface area contributed by atoms with Crippen molar-refractivity contribution in [3.8, 4) is 0 Å². The van der Waals surface area contributed by atoms with E-state index in [4.69, 9.17) is 11.6 Å². The van der Waals surface area contributed by atoms with Crippen LogP contribution in [-0.4, -0.2) is 5.88 Å². The molecule has 0 atom stereocenters. The Morgan fingerprint density at radius 2 is 1.67 bits per heavy atom. The molecule has 0 saturated heterocycles. The molecular weight excluding hydrogens is 240 g/mol. The van der Waals surface area contributed by atoms with Crippen molar-refractivity contribution >= 4 is 11.6 Å². The largest absolute Gasteiger partial charge is 0.122 e. The predicted molar refractivity (Wildman–Crippen MR) is 83.2 cm³/mol. The van der Waals surface area contributed by atoms with E-state index < -0.39 is 0 Å². The molecule has 1 fully saturated rings. The van der Waals surface area contributed by atoms with Crippen LogP contribution in [0.25, 0.3) is 0 Å². The summed E-state index contributed by atoms with van der Waals surface area (Å²) in [5.41, 5.74) is 4.54. The molecule has 0 nitrogen and oxygen atoms in total. The Morgan fingerprint density at radius 3 is 2.22 bits per heavy atom. The highest BCUT2D eigenvalue weighted by Crippen LogP contribution is 2.38. The highest BCUT2D eigenvalue weighted by Gasteiger charge is 2.24. The molecule has 1 saturated carbocycles. The summed E-state index contributed by atoms with van der Waals surface area (Å²) in [6.45, 7) is 6.58. The SMILES string of the molecule is CC(C)=CCC/C(C)=C/CC/C(=C/CCl)C1CC1. The summed E-state index contributed by atoms with van der Waals surface area (Å²) in [7, 11) is 0.